The number of carbonyl (C=O) groups is 5. The Morgan fingerprint density at radius 2 is 1.81 bits per heavy atom. The molecular formula is C35H43Cl2N5O8S2. The number of hydrogen-bond acceptors (Lipinski definition) is 9. The molecule has 2 aromatic rings. The molecule has 0 spiro atoms. The molecule has 0 bridgehead atoms. The molecule has 0 unspecified atom stereocenters. The Kier molecular flexibility index (Phi) is 10.9. The molecule has 4 aliphatic rings. The van der Waals surface area contributed by atoms with E-state index < -0.39 is 80.2 Å². The summed E-state index contributed by atoms with van der Waals surface area (Å²) >= 11 is 14.1. The van der Waals surface area contributed by atoms with Crippen molar-refractivity contribution in [2.75, 3.05) is 6.54 Å². The maximum Gasteiger partial charge on any atom is 0.408 e. The molecular weight excluding hydrogens is 753 g/mol. The Balaban J connectivity index is 1.29. The first kappa shape index (κ1) is 38.3. The molecule has 13 nitrogen and oxygen atoms in total. The summed E-state index contributed by atoms with van der Waals surface area (Å²) in [6.45, 7) is 5.03. The van der Waals surface area contributed by atoms with Gasteiger partial charge in [-0.05, 0) is 77.8 Å². The second-order valence-electron chi connectivity index (χ2n) is 15.0. The second kappa shape index (κ2) is 14.8. The normalized spacial score (nSPS) is 27.7. The van der Waals surface area contributed by atoms with E-state index in [-0.39, 0.29) is 35.7 Å². The van der Waals surface area contributed by atoms with Crippen LogP contribution in [0.3, 0.4) is 0 Å². The molecule has 1 aromatic heterocycles. The van der Waals surface area contributed by atoms with Crippen LogP contribution in [0.4, 0.5) is 4.79 Å². The van der Waals surface area contributed by atoms with Crippen LogP contribution in [0.2, 0.25) is 10.0 Å². The first-order valence-electron chi connectivity index (χ1n) is 17.5. The highest BCUT2D eigenvalue weighted by Gasteiger charge is 2.62. The molecule has 2 saturated carbocycles. The summed E-state index contributed by atoms with van der Waals surface area (Å²) in [6.07, 6.45) is 7.06. The van der Waals surface area contributed by atoms with Crippen LogP contribution in [-0.2, 0) is 29.1 Å². The van der Waals surface area contributed by atoms with Gasteiger partial charge in [0.05, 0.1) is 15.3 Å². The molecule has 6 rings (SSSR count). The predicted molar refractivity (Wildman–Crippen MR) is 198 cm³/mol. The van der Waals surface area contributed by atoms with Gasteiger partial charge in [0.15, 0.2) is 0 Å². The number of alkyl carbamates (subject to hydrolysis) is 1. The van der Waals surface area contributed by atoms with Crippen molar-refractivity contribution in [1.29, 1.82) is 0 Å². The monoisotopic (exact) mass is 795 g/mol. The highest BCUT2D eigenvalue weighted by Crippen LogP contribution is 2.46. The summed E-state index contributed by atoms with van der Waals surface area (Å²) in [7, 11) is -3.91. The Hall–Kier alpha value is -3.40. The number of halogens is 2. The van der Waals surface area contributed by atoms with E-state index in [1.807, 2.05) is 12.2 Å². The fraction of sp³-hybridized carbons (Fsp3) is 0.571. The number of fused-ring (bicyclic) bond motifs is 3. The molecule has 5 amide bonds. The minimum atomic E-state index is -3.91. The topological polar surface area (TPSA) is 180 Å². The minimum Gasteiger partial charge on any atom is -0.444 e. The summed E-state index contributed by atoms with van der Waals surface area (Å²) in [5, 5.41) is 8.91. The molecule has 2 aliphatic heterocycles. The maximum atomic E-state index is 14.4. The Morgan fingerprint density at radius 1 is 1.06 bits per heavy atom. The van der Waals surface area contributed by atoms with Gasteiger partial charge in [-0.1, -0.05) is 54.3 Å². The van der Waals surface area contributed by atoms with E-state index in [1.165, 1.54) is 4.90 Å². The number of carbonyl (C=O) groups excluding carboxylic acids is 5. The number of nitrogens with zero attached hydrogens (tertiary/aromatic N) is 1. The third-order valence-corrected chi connectivity index (χ3v) is 13.5. The number of thiophene rings is 1. The number of nitrogens with one attached hydrogen (secondary N) is 4. The number of ether oxygens (including phenoxy) is 1. The first-order chi connectivity index (χ1) is 24.5. The van der Waals surface area contributed by atoms with Crippen LogP contribution in [0, 0.1) is 5.92 Å². The van der Waals surface area contributed by atoms with Crippen molar-refractivity contribution in [2.24, 2.45) is 5.92 Å². The van der Waals surface area contributed by atoms with Crippen molar-refractivity contribution < 1.29 is 37.1 Å². The van der Waals surface area contributed by atoms with E-state index >= 15 is 0 Å². The van der Waals surface area contributed by atoms with Crippen molar-refractivity contribution in [2.45, 2.75) is 113 Å². The molecule has 4 N–H and O–H groups in total. The molecule has 17 heteroatoms. The fourth-order valence-corrected chi connectivity index (χ4v) is 10.0. The lowest BCUT2D eigenvalue weighted by molar-refractivity contribution is -0.141. The lowest BCUT2D eigenvalue weighted by Gasteiger charge is -2.30. The summed E-state index contributed by atoms with van der Waals surface area (Å²) in [5.74, 6) is -3.03. The van der Waals surface area contributed by atoms with E-state index in [4.69, 9.17) is 27.9 Å². The van der Waals surface area contributed by atoms with E-state index in [0.29, 0.717) is 40.8 Å². The van der Waals surface area contributed by atoms with Crippen LogP contribution in [0.25, 0.3) is 10.1 Å². The molecule has 52 heavy (non-hydrogen) atoms. The van der Waals surface area contributed by atoms with Gasteiger partial charge in [-0.25, -0.2) is 13.2 Å². The fourth-order valence-electron chi connectivity index (χ4n) is 6.82. The van der Waals surface area contributed by atoms with Crippen molar-refractivity contribution >= 4 is 84.4 Å². The summed E-state index contributed by atoms with van der Waals surface area (Å²) in [6, 6.07) is 2.28. The zero-order valence-electron chi connectivity index (χ0n) is 29.1. The molecule has 1 saturated heterocycles. The average molecular weight is 797 g/mol. The molecule has 3 heterocycles. The quantitative estimate of drug-likeness (QED) is 0.301. The van der Waals surface area contributed by atoms with E-state index in [1.54, 1.807) is 39.0 Å². The van der Waals surface area contributed by atoms with E-state index in [0.717, 1.165) is 24.2 Å². The van der Waals surface area contributed by atoms with Gasteiger partial charge < -0.3 is 25.6 Å². The van der Waals surface area contributed by atoms with Crippen LogP contribution in [-0.4, -0.2) is 84.1 Å². The lowest BCUT2D eigenvalue weighted by Crippen LogP contribution is -2.58. The van der Waals surface area contributed by atoms with Gasteiger partial charge in [-0.2, -0.15) is 0 Å². The number of sulfonamides is 1. The third-order valence-electron chi connectivity index (χ3n) is 9.72. The van der Waals surface area contributed by atoms with Crippen LogP contribution >= 0.6 is 34.5 Å². The third kappa shape index (κ3) is 8.37. The van der Waals surface area contributed by atoms with Crippen molar-refractivity contribution in [1.82, 2.24) is 25.6 Å². The van der Waals surface area contributed by atoms with Crippen LogP contribution < -0.4 is 20.7 Å². The largest absolute Gasteiger partial charge is 0.444 e. The Morgan fingerprint density at radius 3 is 2.50 bits per heavy atom. The number of amides is 5. The maximum absolute atomic E-state index is 14.4. The molecule has 0 radical (unpaired) electrons. The van der Waals surface area contributed by atoms with Gasteiger partial charge in [0.1, 0.15) is 28.1 Å². The predicted octanol–water partition coefficient (Wildman–Crippen LogP) is 4.80. The van der Waals surface area contributed by atoms with E-state index in [2.05, 4.69) is 20.7 Å². The highest BCUT2D eigenvalue weighted by atomic mass is 35.5. The zero-order valence-corrected chi connectivity index (χ0v) is 32.3. The molecule has 282 valence electrons. The summed E-state index contributed by atoms with van der Waals surface area (Å²) < 4.78 is 33.9. The Bertz CT molecular complexity index is 1920. The van der Waals surface area contributed by atoms with Crippen LogP contribution in [0.1, 0.15) is 88.2 Å². The van der Waals surface area contributed by atoms with Gasteiger partial charge in [-0.15, -0.1) is 11.3 Å². The van der Waals surface area contributed by atoms with E-state index in [9.17, 15) is 32.4 Å². The highest BCUT2D eigenvalue weighted by molar-refractivity contribution is 7.91. The summed E-state index contributed by atoms with van der Waals surface area (Å²) in [5.41, 5.74) is -2.37. The minimum absolute atomic E-state index is 0.0235. The van der Waals surface area contributed by atoms with Crippen molar-refractivity contribution in [3.63, 3.8) is 0 Å². The van der Waals surface area contributed by atoms with Crippen molar-refractivity contribution in [3.05, 3.63) is 45.3 Å². The molecule has 2 aliphatic carbocycles. The molecule has 3 fully saturated rings. The van der Waals surface area contributed by atoms with Gasteiger partial charge >= 0.3 is 6.09 Å². The van der Waals surface area contributed by atoms with Gasteiger partial charge in [0.25, 0.3) is 11.8 Å². The van der Waals surface area contributed by atoms with Gasteiger partial charge in [0.2, 0.25) is 21.8 Å². The van der Waals surface area contributed by atoms with Crippen molar-refractivity contribution in [3.8, 4) is 0 Å². The Labute approximate surface area is 316 Å². The number of rotatable bonds is 6. The standard InChI is InChI=1S/C35H43Cl2N5O8S2/c1-34(2,3)50-33(47)39-23-12-8-6-4-5-7-10-19-17-35(19,32(46)41-52(48,49)21-14-15-21)40-29(43)24-16-20(18-42(24)31(23)45)38-30(44)28-27(37)26-22(36)11-9-13-25(26)51-28/h7,9-11,13,19-21,23-24H,4-6,8,12,14-18H2,1-3H3,(H,38,44)(H,39,47)(H,40,43)(H,41,46)/b10-7-/t19-,20-,23+,24+,35-/m1/s1. The number of hydrogen-bond donors (Lipinski definition) is 4. The van der Waals surface area contributed by atoms with Crippen LogP contribution in [0.5, 0.6) is 0 Å². The average Bonchev–Trinajstić information content (AvgIpc) is 3.95. The van der Waals surface area contributed by atoms with Crippen LogP contribution in [0.15, 0.2) is 30.4 Å². The SMILES string of the molecule is CC(C)(C)OC(=O)N[C@H]1CCCCC/C=C\[C@@H]2C[C@@]2(C(=O)NS(=O)(=O)C2CC2)NC(=O)[C@@H]2C[C@@H](NC(=O)c3sc4cccc(Cl)c4c3Cl)CN2C1=O. The smallest absolute Gasteiger partial charge is 0.408 e. The second-order valence-corrected chi connectivity index (χ2v) is 18.8. The number of allylic oxidation sites excluding steroid dienone is 1. The van der Waals surface area contributed by atoms with Gasteiger partial charge in [0, 0.05) is 28.6 Å². The molecule has 5 atom stereocenters. The van der Waals surface area contributed by atoms with Gasteiger partial charge in [-0.3, -0.25) is 23.9 Å². The number of benzene rings is 1. The lowest BCUT2D eigenvalue weighted by atomic mass is 10.0. The zero-order chi connectivity index (χ0) is 37.6. The summed E-state index contributed by atoms with van der Waals surface area (Å²) in [4.78, 5) is 70.3. The molecule has 1 aromatic carbocycles. The first-order valence-corrected chi connectivity index (χ1v) is 20.6.